The van der Waals surface area contributed by atoms with Gasteiger partial charge in [-0.15, -0.1) is 0 Å². The molecule has 5 nitrogen and oxygen atoms in total. The zero-order valence-corrected chi connectivity index (χ0v) is 16.9. The van der Waals surface area contributed by atoms with Crippen LogP contribution in [-0.2, 0) is 13.1 Å². The predicted molar refractivity (Wildman–Crippen MR) is 104 cm³/mol. The number of halogens is 1. The third-order valence-corrected chi connectivity index (χ3v) is 5.57. The average Bonchev–Trinajstić information content (AvgIpc) is 2.66. The van der Waals surface area contributed by atoms with Crippen molar-refractivity contribution in [2.45, 2.75) is 13.1 Å². The van der Waals surface area contributed by atoms with Gasteiger partial charge >= 0.3 is 0 Å². The summed E-state index contributed by atoms with van der Waals surface area (Å²) in [5.41, 5.74) is 2.23. The summed E-state index contributed by atoms with van der Waals surface area (Å²) in [6, 6.07) is 11.7. The van der Waals surface area contributed by atoms with Crippen LogP contribution in [0.4, 0.5) is 0 Å². The molecule has 0 spiro atoms. The minimum Gasteiger partial charge on any atom is -0.507 e. The van der Waals surface area contributed by atoms with E-state index in [4.69, 9.17) is 9.47 Å². The van der Waals surface area contributed by atoms with Gasteiger partial charge in [-0.05, 0) is 30.3 Å². The van der Waals surface area contributed by atoms with Crippen LogP contribution in [-0.4, -0.2) is 45.5 Å². The highest BCUT2D eigenvalue weighted by Crippen LogP contribution is 2.24. The molecule has 140 valence electrons. The molecule has 1 aliphatic rings. The lowest BCUT2D eigenvalue weighted by Gasteiger charge is -2.30. The van der Waals surface area contributed by atoms with E-state index in [0.29, 0.717) is 5.75 Å². The van der Waals surface area contributed by atoms with Crippen molar-refractivity contribution in [2.24, 2.45) is 0 Å². The van der Waals surface area contributed by atoms with Crippen molar-refractivity contribution in [2.75, 3.05) is 40.4 Å². The normalized spacial score (nSPS) is 20.0. The summed E-state index contributed by atoms with van der Waals surface area (Å²) >= 11 is 3.49. The monoisotopic (exact) mass is 422 g/mol. The molecular weight excluding hydrogens is 396 g/mol. The number of piperazine rings is 1. The van der Waals surface area contributed by atoms with E-state index < -0.39 is 0 Å². The highest BCUT2D eigenvalue weighted by molar-refractivity contribution is 9.10. The number of ether oxygens (including phenoxy) is 2. The van der Waals surface area contributed by atoms with Crippen molar-refractivity contribution >= 4 is 15.9 Å². The predicted octanol–water partition coefficient (Wildman–Crippen LogP) is 0.656. The molecule has 2 aromatic rings. The topological polar surface area (TPSA) is 47.6 Å². The second-order valence-corrected chi connectivity index (χ2v) is 7.72. The third kappa shape index (κ3) is 4.69. The number of benzene rings is 2. The Morgan fingerprint density at radius 3 is 2.15 bits per heavy atom. The van der Waals surface area contributed by atoms with Gasteiger partial charge in [0.25, 0.3) is 0 Å². The first kappa shape index (κ1) is 19.0. The van der Waals surface area contributed by atoms with Crippen LogP contribution in [0.5, 0.6) is 17.2 Å². The molecular formula is C20H27BrN2O3+2. The van der Waals surface area contributed by atoms with Crippen LogP contribution in [0.2, 0.25) is 0 Å². The van der Waals surface area contributed by atoms with E-state index in [9.17, 15) is 5.11 Å². The Morgan fingerprint density at radius 1 is 0.885 bits per heavy atom. The van der Waals surface area contributed by atoms with Gasteiger partial charge in [0.15, 0.2) is 0 Å². The Bertz CT molecular complexity index is 746. The van der Waals surface area contributed by atoms with Crippen LogP contribution in [0, 0.1) is 0 Å². The maximum Gasteiger partial charge on any atom is 0.131 e. The number of phenolic OH excluding ortho intramolecular Hbond substituents is 1. The van der Waals surface area contributed by atoms with E-state index in [0.717, 1.165) is 60.8 Å². The fourth-order valence-corrected chi connectivity index (χ4v) is 3.95. The molecule has 0 amide bonds. The minimum absolute atomic E-state index is 0.387. The highest BCUT2D eigenvalue weighted by Gasteiger charge is 2.25. The van der Waals surface area contributed by atoms with Gasteiger partial charge in [0, 0.05) is 21.7 Å². The highest BCUT2D eigenvalue weighted by atomic mass is 79.9. The Hall–Kier alpha value is -1.76. The van der Waals surface area contributed by atoms with Crippen molar-refractivity contribution in [1.82, 2.24) is 0 Å². The number of phenols is 1. The summed E-state index contributed by atoms with van der Waals surface area (Å²) in [5, 5.41) is 10.0. The van der Waals surface area contributed by atoms with Crippen molar-refractivity contribution < 1.29 is 24.4 Å². The minimum atomic E-state index is 0.387. The van der Waals surface area contributed by atoms with Crippen LogP contribution in [0.1, 0.15) is 11.1 Å². The maximum absolute atomic E-state index is 10.0. The maximum atomic E-state index is 10.0. The van der Waals surface area contributed by atoms with Gasteiger partial charge in [-0.1, -0.05) is 15.9 Å². The number of hydrogen-bond donors (Lipinski definition) is 3. The number of quaternary nitrogens is 2. The van der Waals surface area contributed by atoms with Gasteiger partial charge in [-0.2, -0.15) is 0 Å². The van der Waals surface area contributed by atoms with Crippen molar-refractivity contribution in [3.63, 3.8) is 0 Å². The summed E-state index contributed by atoms with van der Waals surface area (Å²) in [6.07, 6.45) is 0. The van der Waals surface area contributed by atoms with Crippen LogP contribution in [0.25, 0.3) is 0 Å². The standard InChI is InChI=1S/C20H25BrN2O3/c1-25-18-5-3-15(20(12-18)26-2)13-22-7-9-23(10-8-22)14-16-11-17(21)4-6-19(16)24/h3-6,11-12,24H,7-10,13-14H2,1-2H3/p+2. The third-order valence-electron chi connectivity index (χ3n) is 5.08. The largest absolute Gasteiger partial charge is 0.507 e. The lowest BCUT2D eigenvalue weighted by Crippen LogP contribution is -3.27. The quantitative estimate of drug-likeness (QED) is 0.640. The molecule has 1 aliphatic heterocycles. The first-order valence-electron chi connectivity index (χ1n) is 8.94. The number of rotatable bonds is 6. The van der Waals surface area contributed by atoms with E-state index in [1.807, 2.05) is 24.3 Å². The van der Waals surface area contributed by atoms with E-state index in [1.165, 1.54) is 10.5 Å². The lowest BCUT2D eigenvalue weighted by molar-refractivity contribution is -1.02. The molecule has 1 saturated heterocycles. The van der Waals surface area contributed by atoms with E-state index >= 15 is 0 Å². The molecule has 6 heteroatoms. The molecule has 0 aliphatic carbocycles. The van der Waals surface area contributed by atoms with Gasteiger partial charge in [0.05, 0.1) is 14.2 Å². The Labute approximate surface area is 163 Å². The molecule has 26 heavy (non-hydrogen) atoms. The van der Waals surface area contributed by atoms with Crippen molar-refractivity contribution in [1.29, 1.82) is 0 Å². The van der Waals surface area contributed by atoms with Gasteiger partial charge in [-0.3, -0.25) is 0 Å². The summed E-state index contributed by atoms with van der Waals surface area (Å²) < 4.78 is 11.8. The van der Waals surface area contributed by atoms with Crippen LogP contribution in [0.3, 0.4) is 0 Å². The molecule has 0 bridgehead atoms. The second kappa shape index (κ2) is 8.75. The molecule has 0 aromatic heterocycles. The molecule has 3 rings (SSSR count). The number of hydrogen-bond acceptors (Lipinski definition) is 3. The molecule has 2 aromatic carbocycles. The van der Waals surface area contributed by atoms with E-state index in [1.54, 1.807) is 25.2 Å². The fourth-order valence-electron chi connectivity index (χ4n) is 3.54. The zero-order chi connectivity index (χ0) is 18.5. The van der Waals surface area contributed by atoms with E-state index in [-0.39, 0.29) is 0 Å². The Morgan fingerprint density at radius 2 is 1.54 bits per heavy atom. The summed E-state index contributed by atoms with van der Waals surface area (Å²) in [4.78, 5) is 3.08. The summed E-state index contributed by atoms with van der Waals surface area (Å²) in [7, 11) is 3.38. The smallest absolute Gasteiger partial charge is 0.131 e. The van der Waals surface area contributed by atoms with Gasteiger partial charge in [-0.25, -0.2) is 0 Å². The molecule has 0 atom stereocenters. The fraction of sp³-hybridized carbons (Fsp3) is 0.400. The molecule has 0 radical (unpaired) electrons. The van der Waals surface area contributed by atoms with Crippen LogP contribution < -0.4 is 19.3 Å². The molecule has 1 heterocycles. The zero-order valence-electron chi connectivity index (χ0n) is 15.3. The van der Waals surface area contributed by atoms with Gasteiger partial charge in [0.2, 0.25) is 0 Å². The van der Waals surface area contributed by atoms with Gasteiger partial charge < -0.3 is 24.4 Å². The van der Waals surface area contributed by atoms with Crippen molar-refractivity contribution in [3.05, 3.63) is 52.0 Å². The van der Waals surface area contributed by atoms with Crippen LogP contribution >= 0.6 is 15.9 Å². The number of methoxy groups -OCH3 is 2. The van der Waals surface area contributed by atoms with Crippen molar-refractivity contribution in [3.8, 4) is 17.2 Å². The average molecular weight is 423 g/mol. The van der Waals surface area contributed by atoms with Crippen LogP contribution in [0.15, 0.2) is 40.9 Å². The first-order valence-corrected chi connectivity index (χ1v) is 9.73. The SMILES string of the molecule is COc1ccc(C[NH+]2CC[NH+](Cc3cc(Br)ccc3O)CC2)c(OC)c1. The lowest BCUT2D eigenvalue weighted by atomic mass is 10.1. The summed E-state index contributed by atoms with van der Waals surface area (Å²) in [5.74, 6) is 2.10. The molecule has 1 fully saturated rings. The summed E-state index contributed by atoms with van der Waals surface area (Å²) in [6.45, 7) is 6.24. The second-order valence-electron chi connectivity index (χ2n) is 6.80. The molecule has 0 unspecified atom stereocenters. The number of aromatic hydroxyl groups is 1. The molecule has 3 N–H and O–H groups in total. The van der Waals surface area contributed by atoms with Gasteiger partial charge in [0.1, 0.15) is 56.5 Å². The Balaban J connectivity index is 1.56. The van der Waals surface area contributed by atoms with E-state index in [2.05, 4.69) is 22.0 Å². The molecule has 0 saturated carbocycles. The number of nitrogens with one attached hydrogen (secondary N) is 2. The Kier molecular flexibility index (Phi) is 6.40. The first-order chi connectivity index (χ1) is 12.6.